The topological polar surface area (TPSA) is 88.1 Å². The van der Waals surface area contributed by atoms with Crippen LogP contribution in [0.4, 0.5) is 13.2 Å². The van der Waals surface area contributed by atoms with Gasteiger partial charge in [0, 0.05) is 37.2 Å². The van der Waals surface area contributed by atoms with E-state index in [-0.39, 0.29) is 30.5 Å². The van der Waals surface area contributed by atoms with E-state index in [0.29, 0.717) is 24.2 Å². The number of aryl methyl sites for hydroxylation is 1. The Bertz CT molecular complexity index is 1280. The number of benzene rings is 1. The number of nitrogens with zero attached hydrogens (tertiary/aromatic N) is 3. The molecule has 3 heterocycles. The first kappa shape index (κ1) is 23.5. The molecule has 0 radical (unpaired) electrons. The maximum atomic E-state index is 12.9. The predicted molar refractivity (Wildman–Crippen MR) is 118 cm³/mol. The molecule has 1 N–H and O–H groups in total. The fourth-order valence-electron chi connectivity index (χ4n) is 4.16. The molecule has 178 valence electrons. The van der Waals surface area contributed by atoms with E-state index in [1.54, 1.807) is 11.0 Å². The Labute approximate surface area is 192 Å². The molecule has 0 spiro atoms. The average molecular weight is 472 g/mol. The quantitative estimate of drug-likeness (QED) is 0.597. The minimum Gasteiger partial charge on any atom is -0.334 e. The van der Waals surface area contributed by atoms with Crippen molar-refractivity contribution in [3.63, 3.8) is 0 Å². The van der Waals surface area contributed by atoms with Crippen LogP contribution in [0.3, 0.4) is 0 Å². The minimum atomic E-state index is -4.38. The molecule has 34 heavy (non-hydrogen) atoms. The lowest BCUT2D eigenvalue weighted by atomic mass is 10.1. The maximum absolute atomic E-state index is 12.9. The van der Waals surface area contributed by atoms with Crippen molar-refractivity contribution in [1.29, 1.82) is 0 Å². The first-order chi connectivity index (χ1) is 16.2. The molecule has 1 fully saturated rings. The van der Waals surface area contributed by atoms with Crippen molar-refractivity contribution in [2.45, 2.75) is 44.4 Å². The van der Waals surface area contributed by atoms with Gasteiger partial charge in [0.15, 0.2) is 0 Å². The van der Waals surface area contributed by atoms with Gasteiger partial charge in [-0.3, -0.25) is 24.5 Å². The maximum Gasteiger partial charge on any atom is 0.416 e. The highest BCUT2D eigenvalue weighted by atomic mass is 19.4. The minimum absolute atomic E-state index is 0.0571. The molecule has 0 unspecified atom stereocenters. The summed E-state index contributed by atoms with van der Waals surface area (Å²) in [6, 6.07) is 12.6. The largest absolute Gasteiger partial charge is 0.416 e. The third-order valence-corrected chi connectivity index (χ3v) is 5.85. The van der Waals surface area contributed by atoms with Crippen LogP contribution in [0, 0.1) is 0 Å². The van der Waals surface area contributed by atoms with E-state index in [1.165, 1.54) is 12.1 Å². The Morgan fingerprint density at radius 2 is 1.82 bits per heavy atom. The first-order valence-corrected chi connectivity index (χ1v) is 10.9. The lowest BCUT2D eigenvalue weighted by molar-refractivity contribution is -0.137. The molecular formula is C24H23F3N4O3. The second-order valence-electron chi connectivity index (χ2n) is 8.22. The van der Waals surface area contributed by atoms with Gasteiger partial charge in [0.25, 0.3) is 11.1 Å². The SMILES string of the molecule is O=C(CCn1[nH]c(=O)ccc1=O)N1CCC[C@@H]1c1cccc(Cc2ccc(C(F)(F)F)cc2)n1. The summed E-state index contributed by atoms with van der Waals surface area (Å²) in [6.45, 7) is 0.632. The molecule has 0 aliphatic carbocycles. The van der Waals surface area contributed by atoms with Crippen LogP contribution in [0.5, 0.6) is 0 Å². The second-order valence-corrected chi connectivity index (χ2v) is 8.22. The van der Waals surface area contributed by atoms with Crippen molar-refractivity contribution in [3.05, 3.63) is 97.8 Å². The Morgan fingerprint density at radius 1 is 1.06 bits per heavy atom. The molecule has 1 saturated heterocycles. The number of likely N-dealkylation sites (tertiary alicyclic amines) is 1. The normalized spacial score (nSPS) is 16.1. The van der Waals surface area contributed by atoms with E-state index in [1.807, 2.05) is 12.1 Å². The Balaban J connectivity index is 1.44. The number of hydrogen-bond donors (Lipinski definition) is 1. The molecule has 7 nitrogen and oxygen atoms in total. The summed E-state index contributed by atoms with van der Waals surface area (Å²) >= 11 is 0. The average Bonchev–Trinajstić information content (AvgIpc) is 3.30. The van der Waals surface area contributed by atoms with Crippen molar-refractivity contribution in [2.75, 3.05) is 6.54 Å². The third kappa shape index (κ3) is 5.44. The number of pyridine rings is 1. The van der Waals surface area contributed by atoms with E-state index in [4.69, 9.17) is 0 Å². The molecule has 1 aliphatic rings. The van der Waals surface area contributed by atoms with Crippen molar-refractivity contribution >= 4 is 5.91 Å². The van der Waals surface area contributed by atoms with E-state index >= 15 is 0 Å². The number of H-pyrrole nitrogens is 1. The van der Waals surface area contributed by atoms with Crippen molar-refractivity contribution < 1.29 is 18.0 Å². The Kier molecular flexibility index (Phi) is 6.67. The number of alkyl halides is 3. The van der Waals surface area contributed by atoms with Gasteiger partial charge in [0.1, 0.15) is 0 Å². The number of hydrogen-bond acceptors (Lipinski definition) is 4. The summed E-state index contributed by atoms with van der Waals surface area (Å²) in [5.74, 6) is -0.144. The fourth-order valence-corrected chi connectivity index (χ4v) is 4.16. The number of rotatable bonds is 6. The van der Waals surface area contributed by atoms with E-state index < -0.39 is 17.3 Å². The summed E-state index contributed by atoms with van der Waals surface area (Å²) in [7, 11) is 0. The molecule has 0 bridgehead atoms. The fraction of sp³-hybridized carbons (Fsp3) is 0.333. The van der Waals surface area contributed by atoms with Gasteiger partial charge >= 0.3 is 6.18 Å². The van der Waals surface area contributed by atoms with Gasteiger partial charge in [-0.05, 0) is 42.7 Å². The van der Waals surface area contributed by atoms with E-state index in [9.17, 15) is 27.6 Å². The predicted octanol–water partition coefficient (Wildman–Crippen LogP) is 3.30. The second kappa shape index (κ2) is 9.66. The van der Waals surface area contributed by atoms with Gasteiger partial charge in [-0.15, -0.1) is 0 Å². The van der Waals surface area contributed by atoms with Gasteiger partial charge in [-0.1, -0.05) is 18.2 Å². The summed E-state index contributed by atoms with van der Waals surface area (Å²) in [4.78, 5) is 42.6. The molecule has 3 aromatic rings. The van der Waals surface area contributed by atoms with Crippen LogP contribution < -0.4 is 11.1 Å². The van der Waals surface area contributed by atoms with Crippen molar-refractivity contribution in [1.82, 2.24) is 19.7 Å². The lowest BCUT2D eigenvalue weighted by Gasteiger charge is -2.25. The van der Waals surface area contributed by atoms with Crippen LogP contribution in [0.25, 0.3) is 0 Å². The van der Waals surface area contributed by atoms with Crippen LogP contribution >= 0.6 is 0 Å². The summed E-state index contributed by atoms with van der Waals surface area (Å²) in [5.41, 5.74) is 0.632. The summed E-state index contributed by atoms with van der Waals surface area (Å²) < 4.78 is 39.5. The third-order valence-electron chi connectivity index (χ3n) is 5.85. The van der Waals surface area contributed by atoms with Gasteiger partial charge in [0.05, 0.1) is 23.8 Å². The monoisotopic (exact) mass is 472 g/mol. The van der Waals surface area contributed by atoms with Gasteiger partial charge in [-0.2, -0.15) is 13.2 Å². The van der Waals surface area contributed by atoms with Crippen molar-refractivity contribution in [2.24, 2.45) is 0 Å². The molecule has 1 aliphatic heterocycles. The van der Waals surface area contributed by atoms with Crippen molar-refractivity contribution in [3.8, 4) is 0 Å². The molecule has 2 aromatic heterocycles. The highest BCUT2D eigenvalue weighted by Gasteiger charge is 2.31. The first-order valence-electron chi connectivity index (χ1n) is 10.9. The molecule has 0 saturated carbocycles. The zero-order chi connectivity index (χ0) is 24.3. The highest BCUT2D eigenvalue weighted by Crippen LogP contribution is 2.32. The number of carbonyl (C=O) groups is 1. The molecular weight excluding hydrogens is 449 g/mol. The number of halogens is 3. The molecule has 4 rings (SSSR count). The molecule has 10 heteroatoms. The van der Waals surface area contributed by atoms with Crippen LogP contribution in [0.2, 0.25) is 0 Å². The molecule has 1 atom stereocenters. The van der Waals surface area contributed by atoms with Crippen LogP contribution in [-0.4, -0.2) is 32.1 Å². The zero-order valence-corrected chi connectivity index (χ0v) is 18.2. The molecule has 1 aromatic carbocycles. The van der Waals surface area contributed by atoms with E-state index in [0.717, 1.165) is 47.5 Å². The standard InChI is InChI=1S/C24H23F3N4O3/c25-24(26,27)17-8-6-16(7-9-17)15-18-3-1-4-19(28-18)20-5-2-13-30(20)22(33)12-14-31-23(34)11-10-21(32)29-31/h1,3-4,6-11,20H,2,5,12-15H2,(H,29,32)/t20-/m1/s1. The van der Waals surface area contributed by atoms with Crippen LogP contribution in [0.1, 0.15) is 47.8 Å². The van der Waals surface area contributed by atoms with Crippen LogP contribution in [-0.2, 0) is 23.9 Å². The number of nitrogens with one attached hydrogen (secondary N) is 1. The highest BCUT2D eigenvalue weighted by molar-refractivity contribution is 5.76. The number of aromatic nitrogens is 3. The van der Waals surface area contributed by atoms with Gasteiger partial charge in [-0.25, -0.2) is 4.68 Å². The lowest BCUT2D eigenvalue weighted by Crippen LogP contribution is -2.34. The van der Waals surface area contributed by atoms with Crippen LogP contribution in [0.15, 0.2) is 64.2 Å². The van der Waals surface area contributed by atoms with Gasteiger partial charge in [0.2, 0.25) is 5.91 Å². The van der Waals surface area contributed by atoms with E-state index in [2.05, 4.69) is 10.1 Å². The molecule has 1 amide bonds. The number of amides is 1. The zero-order valence-electron chi connectivity index (χ0n) is 18.2. The Hall–Kier alpha value is -3.69. The smallest absolute Gasteiger partial charge is 0.334 e. The number of carbonyl (C=O) groups excluding carboxylic acids is 1. The number of aromatic amines is 1. The Morgan fingerprint density at radius 3 is 2.56 bits per heavy atom. The summed E-state index contributed by atoms with van der Waals surface area (Å²) in [6.07, 6.45) is -2.40. The van der Waals surface area contributed by atoms with Gasteiger partial charge < -0.3 is 4.90 Å². The summed E-state index contributed by atoms with van der Waals surface area (Å²) in [5, 5.41) is 2.41.